The lowest BCUT2D eigenvalue weighted by Gasteiger charge is -2.01. The molecular formula is C8H11ClN4O. The summed E-state index contributed by atoms with van der Waals surface area (Å²) in [6.07, 6.45) is 2.49. The van der Waals surface area contributed by atoms with E-state index in [1.165, 1.54) is 12.3 Å². The number of hydrogen-bond donors (Lipinski definition) is 2. The van der Waals surface area contributed by atoms with Crippen LogP contribution in [-0.2, 0) is 4.79 Å². The molecule has 0 atom stereocenters. The standard InChI is InChI=1S/C8H11ClN4O/c9-6-3-5-11-8(12-6)13-7(14)2-1-4-10/h3,5H,1-2,4,10H2,(H,11,12,13,14). The Bertz CT molecular complexity index is 318. The second kappa shape index (κ2) is 5.51. The molecule has 0 saturated heterocycles. The van der Waals surface area contributed by atoms with Gasteiger partial charge < -0.3 is 5.73 Å². The maximum absolute atomic E-state index is 11.2. The molecule has 1 aromatic heterocycles. The molecule has 0 bridgehead atoms. The molecule has 0 radical (unpaired) electrons. The lowest BCUT2D eigenvalue weighted by molar-refractivity contribution is -0.116. The van der Waals surface area contributed by atoms with Crippen LogP contribution in [0.1, 0.15) is 12.8 Å². The van der Waals surface area contributed by atoms with E-state index in [-0.39, 0.29) is 11.9 Å². The smallest absolute Gasteiger partial charge is 0.230 e. The fourth-order valence-electron chi connectivity index (χ4n) is 0.847. The van der Waals surface area contributed by atoms with Crippen molar-refractivity contribution in [2.75, 3.05) is 11.9 Å². The largest absolute Gasteiger partial charge is 0.330 e. The Labute approximate surface area is 86.7 Å². The zero-order valence-electron chi connectivity index (χ0n) is 7.53. The Balaban J connectivity index is 2.47. The molecule has 0 aromatic carbocycles. The van der Waals surface area contributed by atoms with Gasteiger partial charge in [-0.2, -0.15) is 0 Å². The van der Waals surface area contributed by atoms with Crippen molar-refractivity contribution >= 4 is 23.5 Å². The first-order valence-electron chi connectivity index (χ1n) is 4.21. The molecule has 1 amide bonds. The van der Waals surface area contributed by atoms with Crippen LogP contribution in [0.25, 0.3) is 0 Å². The molecule has 3 N–H and O–H groups in total. The summed E-state index contributed by atoms with van der Waals surface area (Å²) in [6, 6.07) is 1.54. The molecule has 5 nitrogen and oxygen atoms in total. The summed E-state index contributed by atoms with van der Waals surface area (Å²) < 4.78 is 0. The van der Waals surface area contributed by atoms with Crippen molar-refractivity contribution < 1.29 is 4.79 Å². The van der Waals surface area contributed by atoms with Crippen molar-refractivity contribution in [3.05, 3.63) is 17.4 Å². The third-order valence-corrected chi connectivity index (χ3v) is 1.69. The van der Waals surface area contributed by atoms with E-state index in [0.29, 0.717) is 24.5 Å². The minimum atomic E-state index is -0.155. The van der Waals surface area contributed by atoms with Gasteiger partial charge in [-0.3, -0.25) is 10.1 Å². The summed E-state index contributed by atoms with van der Waals surface area (Å²) in [5, 5.41) is 2.82. The first-order chi connectivity index (χ1) is 6.72. The van der Waals surface area contributed by atoms with Crippen molar-refractivity contribution in [2.24, 2.45) is 5.73 Å². The van der Waals surface area contributed by atoms with Crippen LogP contribution in [0, 0.1) is 0 Å². The highest BCUT2D eigenvalue weighted by Crippen LogP contribution is 2.05. The summed E-state index contributed by atoms with van der Waals surface area (Å²) in [7, 11) is 0. The van der Waals surface area contributed by atoms with E-state index < -0.39 is 0 Å². The van der Waals surface area contributed by atoms with Gasteiger partial charge in [-0.05, 0) is 19.0 Å². The van der Waals surface area contributed by atoms with E-state index in [2.05, 4.69) is 15.3 Å². The first kappa shape index (κ1) is 10.9. The van der Waals surface area contributed by atoms with E-state index in [4.69, 9.17) is 17.3 Å². The average Bonchev–Trinajstić information content (AvgIpc) is 2.15. The van der Waals surface area contributed by atoms with Crippen LogP contribution in [0.2, 0.25) is 5.15 Å². The minimum absolute atomic E-state index is 0.155. The maximum Gasteiger partial charge on any atom is 0.230 e. The van der Waals surface area contributed by atoms with Crippen LogP contribution < -0.4 is 11.1 Å². The van der Waals surface area contributed by atoms with E-state index >= 15 is 0 Å². The van der Waals surface area contributed by atoms with Crippen molar-refractivity contribution in [2.45, 2.75) is 12.8 Å². The summed E-state index contributed by atoms with van der Waals surface area (Å²) in [6.45, 7) is 0.490. The monoisotopic (exact) mass is 214 g/mol. The third-order valence-electron chi connectivity index (χ3n) is 1.48. The van der Waals surface area contributed by atoms with Gasteiger partial charge in [-0.1, -0.05) is 11.6 Å². The molecule has 0 saturated carbocycles. The predicted octanol–water partition coefficient (Wildman–Crippen LogP) is 0.807. The molecule has 76 valence electrons. The number of hydrogen-bond acceptors (Lipinski definition) is 4. The number of rotatable bonds is 4. The maximum atomic E-state index is 11.2. The lowest BCUT2D eigenvalue weighted by Crippen LogP contribution is -2.15. The molecule has 1 rings (SSSR count). The molecule has 0 spiro atoms. The first-order valence-corrected chi connectivity index (χ1v) is 4.58. The Morgan fingerprint density at radius 3 is 3.07 bits per heavy atom. The van der Waals surface area contributed by atoms with Crippen molar-refractivity contribution in [3.63, 3.8) is 0 Å². The van der Waals surface area contributed by atoms with Crippen LogP contribution in [0.3, 0.4) is 0 Å². The molecule has 0 unspecified atom stereocenters. The van der Waals surface area contributed by atoms with Crippen molar-refractivity contribution in [1.29, 1.82) is 0 Å². The van der Waals surface area contributed by atoms with Gasteiger partial charge >= 0.3 is 0 Å². The second-order valence-electron chi connectivity index (χ2n) is 2.64. The number of nitrogens with two attached hydrogens (primary N) is 1. The van der Waals surface area contributed by atoms with E-state index in [0.717, 1.165) is 0 Å². The van der Waals surface area contributed by atoms with Gasteiger partial charge in [-0.15, -0.1) is 0 Å². The Hall–Kier alpha value is -1.20. The lowest BCUT2D eigenvalue weighted by atomic mass is 10.3. The highest BCUT2D eigenvalue weighted by molar-refractivity contribution is 6.29. The fourth-order valence-corrected chi connectivity index (χ4v) is 0.983. The molecule has 0 fully saturated rings. The van der Waals surface area contributed by atoms with Crippen molar-refractivity contribution in [3.8, 4) is 0 Å². The summed E-state index contributed by atoms with van der Waals surface area (Å²) in [4.78, 5) is 18.8. The molecule has 1 heterocycles. The average molecular weight is 215 g/mol. The van der Waals surface area contributed by atoms with Crippen molar-refractivity contribution in [1.82, 2.24) is 9.97 Å². The zero-order chi connectivity index (χ0) is 10.4. The quantitative estimate of drug-likeness (QED) is 0.727. The van der Waals surface area contributed by atoms with Gasteiger partial charge in [-0.25, -0.2) is 9.97 Å². The number of nitrogens with one attached hydrogen (secondary N) is 1. The molecule has 6 heteroatoms. The number of aromatic nitrogens is 2. The molecule has 1 aromatic rings. The third kappa shape index (κ3) is 3.68. The predicted molar refractivity (Wildman–Crippen MR) is 54.0 cm³/mol. The Morgan fingerprint density at radius 1 is 1.64 bits per heavy atom. The molecule has 0 aliphatic rings. The second-order valence-corrected chi connectivity index (χ2v) is 3.03. The molecular weight excluding hydrogens is 204 g/mol. The Morgan fingerprint density at radius 2 is 2.43 bits per heavy atom. The highest BCUT2D eigenvalue weighted by Gasteiger charge is 2.03. The normalized spacial score (nSPS) is 9.86. The Kier molecular flexibility index (Phi) is 4.28. The van der Waals surface area contributed by atoms with Gasteiger partial charge in [0.2, 0.25) is 11.9 Å². The number of anilines is 1. The van der Waals surface area contributed by atoms with Gasteiger partial charge in [0, 0.05) is 12.6 Å². The summed E-state index contributed by atoms with van der Waals surface area (Å²) in [5.41, 5.74) is 5.26. The summed E-state index contributed by atoms with van der Waals surface area (Å²) >= 11 is 5.61. The van der Waals surface area contributed by atoms with Gasteiger partial charge in [0.05, 0.1) is 0 Å². The van der Waals surface area contributed by atoms with Crippen LogP contribution in [0.15, 0.2) is 12.3 Å². The van der Waals surface area contributed by atoms with Crippen LogP contribution in [0.4, 0.5) is 5.95 Å². The fraction of sp³-hybridized carbons (Fsp3) is 0.375. The van der Waals surface area contributed by atoms with Gasteiger partial charge in [0.15, 0.2) is 0 Å². The number of amides is 1. The van der Waals surface area contributed by atoms with Crippen LogP contribution in [-0.4, -0.2) is 22.4 Å². The van der Waals surface area contributed by atoms with E-state index in [1.54, 1.807) is 0 Å². The van der Waals surface area contributed by atoms with Crippen LogP contribution >= 0.6 is 11.6 Å². The molecule has 0 aliphatic heterocycles. The number of halogens is 1. The highest BCUT2D eigenvalue weighted by atomic mass is 35.5. The van der Waals surface area contributed by atoms with Gasteiger partial charge in [0.25, 0.3) is 0 Å². The number of nitrogens with zero attached hydrogens (tertiary/aromatic N) is 2. The van der Waals surface area contributed by atoms with E-state index in [1.807, 2.05) is 0 Å². The van der Waals surface area contributed by atoms with Crippen LogP contribution in [0.5, 0.6) is 0 Å². The zero-order valence-corrected chi connectivity index (χ0v) is 8.29. The van der Waals surface area contributed by atoms with Gasteiger partial charge in [0.1, 0.15) is 5.15 Å². The molecule has 14 heavy (non-hydrogen) atoms. The molecule has 0 aliphatic carbocycles. The minimum Gasteiger partial charge on any atom is -0.330 e. The SMILES string of the molecule is NCCCC(=O)Nc1nccc(Cl)n1. The van der Waals surface area contributed by atoms with E-state index in [9.17, 15) is 4.79 Å². The summed E-state index contributed by atoms with van der Waals surface area (Å²) in [5.74, 6) is 0.0669. The number of carbonyl (C=O) groups excluding carboxylic acids is 1. The topological polar surface area (TPSA) is 80.9 Å². The number of carbonyl (C=O) groups is 1.